The molecule has 0 amide bonds. The van der Waals surface area contributed by atoms with E-state index in [4.69, 9.17) is 10.1 Å². The molecule has 0 aliphatic carbocycles. The molecule has 8 heteroatoms. The highest BCUT2D eigenvalue weighted by Gasteiger charge is 2.22. The number of para-hydroxylation sites is 2. The van der Waals surface area contributed by atoms with Gasteiger partial charge in [-0.3, -0.25) is 9.78 Å². The van der Waals surface area contributed by atoms with Gasteiger partial charge in [-0.15, -0.1) is 0 Å². The number of hydrogen-bond acceptors (Lipinski definition) is 6. The molecule has 0 unspecified atom stereocenters. The Labute approximate surface area is 223 Å². The van der Waals surface area contributed by atoms with Crippen molar-refractivity contribution in [2.75, 3.05) is 5.32 Å². The number of aromatic nitrogens is 5. The Kier molecular flexibility index (Phi) is 6.70. The van der Waals surface area contributed by atoms with Gasteiger partial charge >= 0.3 is 0 Å². The average molecular weight is 517 g/mol. The molecule has 38 heavy (non-hydrogen) atoms. The second kappa shape index (κ2) is 10.7. The number of nitrogens with zero attached hydrogens (tertiary/aromatic N) is 5. The molecule has 0 saturated heterocycles. The maximum Gasteiger partial charge on any atom is 0.271 e. The molecule has 7 nitrogen and oxygen atoms in total. The molecule has 0 atom stereocenters. The molecule has 0 spiro atoms. The normalized spacial score (nSPS) is 11.1. The predicted octanol–water partition coefficient (Wildman–Crippen LogP) is 5.87. The zero-order valence-corrected chi connectivity index (χ0v) is 21.3. The van der Waals surface area contributed by atoms with Crippen LogP contribution in [0, 0.1) is 0 Å². The van der Waals surface area contributed by atoms with Crippen LogP contribution in [0.5, 0.6) is 0 Å². The van der Waals surface area contributed by atoms with Gasteiger partial charge in [0.25, 0.3) is 5.56 Å². The number of hydrogen-bond donors (Lipinski definition) is 1. The van der Waals surface area contributed by atoms with E-state index in [1.807, 2.05) is 97.1 Å². The fourth-order valence-corrected chi connectivity index (χ4v) is 5.18. The number of benzene rings is 3. The number of anilines is 1. The third-order valence-electron chi connectivity index (χ3n) is 6.06. The Morgan fingerprint density at radius 2 is 1.42 bits per heavy atom. The zero-order valence-electron chi connectivity index (χ0n) is 20.4. The second-order valence-corrected chi connectivity index (χ2v) is 9.58. The van der Waals surface area contributed by atoms with E-state index in [1.165, 1.54) is 11.8 Å². The number of fused-ring (bicyclic) bond motifs is 1. The predicted molar refractivity (Wildman–Crippen MR) is 152 cm³/mol. The summed E-state index contributed by atoms with van der Waals surface area (Å²) in [5.74, 6) is 1.11. The number of rotatable bonds is 8. The van der Waals surface area contributed by atoms with Gasteiger partial charge in [-0.05, 0) is 42.0 Å². The summed E-state index contributed by atoms with van der Waals surface area (Å²) in [7, 11) is 0. The van der Waals surface area contributed by atoms with Gasteiger partial charge in [-0.1, -0.05) is 84.6 Å². The third kappa shape index (κ3) is 4.81. The van der Waals surface area contributed by atoms with Crippen molar-refractivity contribution in [3.8, 4) is 11.4 Å². The van der Waals surface area contributed by atoms with Gasteiger partial charge < -0.3 is 5.32 Å². The van der Waals surface area contributed by atoms with Crippen LogP contribution >= 0.6 is 11.8 Å². The van der Waals surface area contributed by atoms with E-state index < -0.39 is 0 Å². The molecule has 186 valence electrons. The lowest BCUT2D eigenvalue weighted by molar-refractivity contribution is 0.848. The summed E-state index contributed by atoms with van der Waals surface area (Å²) in [5, 5.41) is 9.37. The molecule has 0 aliphatic heterocycles. The highest BCUT2D eigenvalue weighted by atomic mass is 32.2. The first-order chi connectivity index (χ1) is 18.8. The average Bonchev–Trinajstić information content (AvgIpc) is 3.36. The molecule has 0 radical (unpaired) electrons. The van der Waals surface area contributed by atoms with Crippen molar-refractivity contribution in [1.82, 2.24) is 24.3 Å². The van der Waals surface area contributed by atoms with Crippen molar-refractivity contribution < 1.29 is 0 Å². The Balaban J connectivity index is 1.53. The SMILES string of the molecule is O=c1c2c(SCc3ccccc3)nn(-c3ccccc3)c2nc(NCc2ccccn2)n1-c1ccccc1. The first kappa shape index (κ1) is 23.7. The Bertz CT molecular complexity index is 1720. The smallest absolute Gasteiger partial charge is 0.271 e. The van der Waals surface area contributed by atoms with E-state index >= 15 is 0 Å². The maximum absolute atomic E-state index is 14.2. The molecule has 3 heterocycles. The quantitative estimate of drug-likeness (QED) is 0.255. The standard InChI is InChI=1S/C30H24N6OS/c37-29-26-27(33-30(32-20-23-14-10-11-19-31-23)35(29)24-15-6-2-7-16-24)36(25-17-8-3-9-18-25)34-28(26)38-21-22-12-4-1-5-13-22/h1-19H,20-21H2,(H,32,33). The summed E-state index contributed by atoms with van der Waals surface area (Å²) in [6, 6.07) is 35.2. The van der Waals surface area contributed by atoms with E-state index in [2.05, 4.69) is 22.4 Å². The molecule has 1 N–H and O–H groups in total. The van der Waals surface area contributed by atoms with Gasteiger partial charge in [0.2, 0.25) is 5.95 Å². The summed E-state index contributed by atoms with van der Waals surface area (Å²) in [4.78, 5) is 23.6. The first-order valence-electron chi connectivity index (χ1n) is 12.2. The lowest BCUT2D eigenvalue weighted by Crippen LogP contribution is -2.24. The minimum atomic E-state index is -0.178. The lowest BCUT2D eigenvalue weighted by atomic mass is 10.2. The van der Waals surface area contributed by atoms with Crippen LogP contribution in [-0.4, -0.2) is 24.3 Å². The van der Waals surface area contributed by atoms with Crippen LogP contribution in [0.25, 0.3) is 22.4 Å². The molecule has 0 fully saturated rings. The monoisotopic (exact) mass is 516 g/mol. The van der Waals surface area contributed by atoms with Crippen molar-refractivity contribution in [2.24, 2.45) is 0 Å². The molecule has 6 aromatic rings. The van der Waals surface area contributed by atoms with Gasteiger partial charge in [0.1, 0.15) is 10.4 Å². The topological polar surface area (TPSA) is 77.6 Å². The van der Waals surface area contributed by atoms with E-state index in [-0.39, 0.29) is 5.56 Å². The van der Waals surface area contributed by atoms with E-state index in [0.717, 1.165) is 22.6 Å². The van der Waals surface area contributed by atoms with Crippen LogP contribution < -0.4 is 10.9 Å². The summed E-state index contributed by atoms with van der Waals surface area (Å²) in [6.45, 7) is 0.417. The van der Waals surface area contributed by atoms with Crippen molar-refractivity contribution in [3.05, 3.63) is 137 Å². The largest absolute Gasteiger partial charge is 0.350 e. The molecule has 0 saturated carbocycles. The van der Waals surface area contributed by atoms with E-state index in [9.17, 15) is 4.79 Å². The van der Waals surface area contributed by atoms with Gasteiger partial charge in [0.05, 0.1) is 23.6 Å². The highest BCUT2D eigenvalue weighted by Crippen LogP contribution is 2.30. The van der Waals surface area contributed by atoms with Crippen LogP contribution in [0.4, 0.5) is 5.95 Å². The van der Waals surface area contributed by atoms with Gasteiger partial charge in [0.15, 0.2) is 5.65 Å². The van der Waals surface area contributed by atoms with Crippen molar-refractivity contribution in [2.45, 2.75) is 17.3 Å². The van der Waals surface area contributed by atoms with Crippen LogP contribution in [0.2, 0.25) is 0 Å². The van der Waals surface area contributed by atoms with Crippen molar-refractivity contribution in [1.29, 1.82) is 0 Å². The number of nitrogens with one attached hydrogen (secondary N) is 1. The summed E-state index contributed by atoms with van der Waals surface area (Å²) in [5.41, 5.74) is 3.89. The van der Waals surface area contributed by atoms with Crippen LogP contribution in [0.3, 0.4) is 0 Å². The first-order valence-corrected chi connectivity index (χ1v) is 13.2. The Morgan fingerprint density at radius 1 is 0.763 bits per heavy atom. The number of thioether (sulfide) groups is 1. The number of pyridine rings is 1. The second-order valence-electron chi connectivity index (χ2n) is 8.61. The zero-order chi connectivity index (χ0) is 25.7. The summed E-state index contributed by atoms with van der Waals surface area (Å²) < 4.78 is 3.38. The molecular formula is C30H24N6OS. The molecular weight excluding hydrogens is 492 g/mol. The summed E-state index contributed by atoms with van der Waals surface area (Å²) >= 11 is 1.54. The summed E-state index contributed by atoms with van der Waals surface area (Å²) in [6.07, 6.45) is 1.75. The van der Waals surface area contributed by atoms with Crippen LogP contribution in [-0.2, 0) is 12.3 Å². The minimum Gasteiger partial charge on any atom is -0.350 e. The van der Waals surface area contributed by atoms with Crippen LogP contribution in [0.1, 0.15) is 11.3 Å². The van der Waals surface area contributed by atoms with Gasteiger partial charge in [-0.25, -0.2) is 9.25 Å². The Hall–Kier alpha value is -4.69. The fraction of sp³-hybridized carbons (Fsp3) is 0.0667. The molecule has 6 rings (SSSR count). The molecule has 0 aliphatic rings. The third-order valence-corrected chi connectivity index (χ3v) is 7.09. The van der Waals surface area contributed by atoms with Gasteiger partial charge in [0, 0.05) is 11.9 Å². The van der Waals surface area contributed by atoms with Crippen LogP contribution in [0.15, 0.2) is 125 Å². The van der Waals surface area contributed by atoms with E-state index in [1.54, 1.807) is 15.4 Å². The molecule has 3 aromatic carbocycles. The minimum absolute atomic E-state index is 0.178. The fourth-order valence-electron chi connectivity index (χ4n) is 4.22. The van der Waals surface area contributed by atoms with Crippen molar-refractivity contribution in [3.63, 3.8) is 0 Å². The maximum atomic E-state index is 14.2. The van der Waals surface area contributed by atoms with Crippen molar-refractivity contribution >= 4 is 28.7 Å². The van der Waals surface area contributed by atoms with E-state index in [0.29, 0.717) is 34.3 Å². The Morgan fingerprint density at radius 3 is 2.11 bits per heavy atom. The molecule has 3 aromatic heterocycles. The van der Waals surface area contributed by atoms with Gasteiger partial charge in [-0.2, -0.15) is 10.1 Å². The molecule has 0 bridgehead atoms. The highest BCUT2D eigenvalue weighted by molar-refractivity contribution is 7.98. The lowest BCUT2D eigenvalue weighted by Gasteiger charge is -2.14.